The van der Waals surface area contributed by atoms with Gasteiger partial charge in [0.25, 0.3) is 0 Å². The summed E-state index contributed by atoms with van der Waals surface area (Å²) in [6.07, 6.45) is 4.64. The third kappa shape index (κ3) is 2.45. The van der Waals surface area contributed by atoms with Gasteiger partial charge in [0.05, 0.1) is 0 Å². The Balaban J connectivity index is 2.11. The van der Waals surface area contributed by atoms with Crippen LogP contribution in [-0.2, 0) is 6.54 Å². The Kier molecular flexibility index (Phi) is 3.30. The van der Waals surface area contributed by atoms with Crippen molar-refractivity contribution in [3.05, 3.63) is 42.0 Å². The van der Waals surface area contributed by atoms with Crippen molar-refractivity contribution < 1.29 is 0 Å². The Bertz CT molecular complexity index is 380. The zero-order valence-electron chi connectivity index (χ0n) is 9.95. The van der Waals surface area contributed by atoms with Gasteiger partial charge in [0.2, 0.25) is 0 Å². The molecule has 1 fully saturated rings. The van der Waals surface area contributed by atoms with Crippen molar-refractivity contribution in [2.75, 3.05) is 12.3 Å². The minimum absolute atomic E-state index is 0.763. The van der Waals surface area contributed by atoms with E-state index < -0.39 is 0 Å². The number of nitrogens with zero attached hydrogens (tertiary/aromatic N) is 1. The van der Waals surface area contributed by atoms with Gasteiger partial charge in [0.15, 0.2) is 0 Å². The number of rotatable bonds is 5. The van der Waals surface area contributed by atoms with Crippen LogP contribution >= 0.6 is 0 Å². The van der Waals surface area contributed by atoms with Gasteiger partial charge < -0.3 is 5.73 Å². The molecular formula is C14H20N2. The number of nitrogens with two attached hydrogens (primary N) is 1. The minimum Gasteiger partial charge on any atom is -0.399 e. The van der Waals surface area contributed by atoms with Crippen LogP contribution in [0.25, 0.3) is 0 Å². The van der Waals surface area contributed by atoms with Gasteiger partial charge in [-0.15, -0.1) is 6.58 Å². The van der Waals surface area contributed by atoms with Gasteiger partial charge in [-0.1, -0.05) is 18.2 Å². The first-order valence-corrected chi connectivity index (χ1v) is 5.91. The first-order valence-electron chi connectivity index (χ1n) is 5.91. The second-order valence-electron chi connectivity index (χ2n) is 4.58. The molecule has 2 rings (SSSR count). The van der Waals surface area contributed by atoms with Gasteiger partial charge in [-0.05, 0) is 37.0 Å². The van der Waals surface area contributed by atoms with Crippen LogP contribution in [0.2, 0.25) is 0 Å². The van der Waals surface area contributed by atoms with E-state index in [0.717, 1.165) is 24.8 Å². The molecule has 0 aromatic heterocycles. The first-order chi connectivity index (χ1) is 7.72. The smallest absolute Gasteiger partial charge is 0.0346 e. The van der Waals surface area contributed by atoms with Gasteiger partial charge in [-0.2, -0.15) is 0 Å². The highest BCUT2D eigenvalue weighted by molar-refractivity contribution is 5.49. The molecule has 86 valence electrons. The fourth-order valence-electron chi connectivity index (χ4n) is 2.04. The summed E-state index contributed by atoms with van der Waals surface area (Å²) in [6.45, 7) is 7.89. The van der Waals surface area contributed by atoms with E-state index in [1.165, 1.54) is 24.0 Å². The van der Waals surface area contributed by atoms with Crippen LogP contribution in [0.15, 0.2) is 30.9 Å². The largest absolute Gasteiger partial charge is 0.399 e. The van der Waals surface area contributed by atoms with Crippen molar-refractivity contribution >= 4 is 5.69 Å². The van der Waals surface area contributed by atoms with E-state index in [0.29, 0.717) is 0 Å². The van der Waals surface area contributed by atoms with E-state index in [-0.39, 0.29) is 0 Å². The standard InChI is InChI=1S/C14H20N2/c1-3-9-16(13-7-8-13)10-12-5-4-6-14(15)11(12)2/h3-6,13H,1,7-10,15H2,2H3. The van der Waals surface area contributed by atoms with Gasteiger partial charge in [0.1, 0.15) is 0 Å². The molecule has 0 unspecified atom stereocenters. The predicted molar refractivity (Wildman–Crippen MR) is 69.2 cm³/mol. The van der Waals surface area contributed by atoms with Crippen molar-refractivity contribution in [1.29, 1.82) is 0 Å². The number of anilines is 1. The minimum atomic E-state index is 0.763. The average Bonchev–Trinajstić information content (AvgIpc) is 3.07. The van der Waals surface area contributed by atoms with Gasteiger partial charge in [0, 0.05) is 24.8 Å². The molecule has 1 aliphatic rings. The van der Waals surface area contributed by atoms with Crippen molar-refractivity contribution in [2.24, 2.45) is 0 Å². The molecule has 0 saturated heterocycles. The molecule has 2 N–H and O–H groups in total. The number of benzene rings is 1. The molecule has 2 heteroatoms. The van der Waals surface area contributed by atoms with Crippen LogP contribution < -0.4 is 5.73 Å². The molecule has 0 atom stereocenters. The summed E-state index contributed by atoms with van der Waals surface area (Å²) in [7, 11) is 0. The third-order valence-electron chi connectivity index (χ3n) is 3.29. The van der Waals surface area contributed by atoms with Crippen molar-refractivity contribution in [2.45, 2.75) is 32.4 Å². The molecule has 1 saturated carbocycles. The normalized spacial score (nSPS) is 15.4. The fraction of sp³-hybridized carbons (Fsp3) is 0.429. The van der Waals surface area contributed by atoms with Crippen molar-refractivity contribution in [3.63, 3.8) is 0 Å². The van der Waals surface area contributed by atoms with E-state index in [4.69, 9.17) is 5.73 Å². The molecule has 0 amide bonds. The molecule has 1 aromatic rings. The number of hydrogen-bond donors (Lipinski definition) is 1. The highest BCUT2D eigenvalue weighted by Crippen LogP contribution is 2.29. The maximum Gasteiger partial charge on any atom is 0.0346 e. The van der Waals surface area contributed by atoms with E-state index in [9.17, 15) is 0 Å². The Morgan fingerprint density at radius 2 is 2.25 bits per heavy atom. The topological polar surface area (TPSA) is 29.3 Å². The molecule has 0 heterocycles. The van der Waals surface area contributed by atoms with Gasteiger partial charge >= 0.3 is 0 Å². The zero-order valence-corrected chi connectivity index (χ0v) is 9.95. The molecule has 0 spiro atoms. The summed E-state index contributed by atoms with van der Waals surface area (Å²) >= 11 is 0. The average molecular weight is 216 g/mol. The van der Waals surface area contributed by atoms with Crippen LogP contribution in [0.1, 0.15) is 24.0 Å². The second kappa shape index (κ2) is 4.71. The summed E-state index contributed by atoms with van der Waals surface area (Å²) in [6, 6.07) is 6.94. The van der Waals surface area contributed by atoms with E-state index >= 15 is 0 Å². The highest BCUT2D eigenvalue weighted by atomic mass is 15.2. The molecule has 2 nitrogen and oxygen atoms in total. The molecule has 1 aliphatic carbocycles. The van der Waals surface area contributed by atoms with Crippen LogP contribution in [0.5, 0.6) is 0 Å². The first kappa shape index (κ1) is 11.2. The third-order valence-corrected chi connectivity index (χ3v) is 3.29. The lowest BCUT2D eigenvalue weighted by molar-refractivity contribution is 0.283. The summed E-state index contributed by atoms with van der Waals surface area (Å²) in [4.78, 5) is 2.48. The SMILES string of the molecule is C=CCN(Cc1cccc(N)c1C)C1CC1. The second-order valence-corrected chi connectivity index (χ2v) is 4.58. The van der Waals surface area contributed by atoms with Crippen LogP contribution in [-0.4, -0.2) is 17.5 Å². The lowest BCUT2D eigenvalue weighted by Gasteiger charge is -2.21. The summed E-state index contributed by atoms with van der Waals surface area (Å²) in [5, 5.41) is 0. The Labute approximate surface area is 97.8 Å². The summed E-state index contributed by atoms with van der Waals surface area (Å²) < 4.78 is 0. The number of nitrogen functional groups attached to an aromatic ring is 1. The maximum absolute atomic E-state index is 5.92. The molecule has 0 bridgehead atoms. The molecule has 1 aromatic carbocycles. The highest BCUT2D eigenvalue weighted by Gasteiger charge is 2.28. The van der Waals surface area contributed by atoms with Gasteiger partial charge in [-0.3, -0.25) is 4.90 Å². The Hall–Kier alpha value is -1.28. The molecule has 16 heavy (non-hydrogen) atoms. The monoisotopic (exact) mass is 216 g/mol. The lowest BCUT2D eigenvalue weighted by Crippen LogP contribution is -2.26. The van der Waals surface area contributed by atoms with Gasteiger partial charge in [-0.25, -0.2) is 0 Å². The summed E-state index contributed by atoms with van der Waals surface area (Å²) in [5.74, 6) is 0. The van der Waals surface area contributed by atoms with Crippen LogP contribution in [0, 0.1) is 6.92 Å². The van der Waals surface area contributed by atoms with E-state index in [1.54, 1.807) is 0 Å². The van der Waals surface area contributed by atoms with Crippen LogP contribution in [0.4, 0.5) is 5.69 Å². The lowest BCUT2D eigenvalue weighted by atomic mass is 10.1. The summed E-state index contributed by atoms with van der Waals surface area (Å²) in [5.41, 5.74) is 9.38. The quantitative estimate of drug-likeness (QED) is 0.605. The van der Waals surface area contributed by atoms with Crippen molar-refractivity contribution in [3.8, 4) is 0 Å². The molecule has 0 radical (unpaired) electrons. The fourth-order valence-corrected chi connectivity index (χ4v) is 2.04. The Morgan fingerprint density at radius 3 is 2.88 bits per heavy atom. The maximum atomic E-state index is 5.92. The molecular weight excluding hydrogens is 196 g/mol. The number of hydrogen-bond acceptors (Lipinski definition) is 2. The Morgan fingerprint density at radius 1 is 1.50 bits per heavy atom. The molecule has 0 aliphatic heterocycles. The van der Waals surface area contributed by atoms with Crippen LogP contribution in [0.3, 0.4) is 0 Å². The zero-order chi connectivity index (χ0) is 11.5. The van der Waals surface area contributed by atoms with E-state index in [2.05, 4.69) is 24.5 Å². The van der Waals surface area contributed by atoms with Crippen molar-refractivity contribution in [1.82, 2.24) is 4.90 Å². The van der Waals surface area contributed by atoms with E-state index in [1.807, 2.05) is 18.2 Å². The predicted octanol–water partition coefficient (Wildman–Crippen LogP) is 2.73.